The first-order valence-corrected chi connectivity index (χ1v) is 3.57. The highest BCUT2D eigenvalue weighted by molar-refractivity contribution is 4.97. The summed E-state index contributed by atoms with van der Waals surface area (Å²) in [4.78, 5) is 0. The lowest BCUT2D eigenvalue weighted by atomic mass is 9.97. The topological polar surface area (TPSA) is 0 Å². The minimum atomic E-state index is -1.12. The monoisotopic (exact) mass is 132 g/mol. The molecule has 0 saturated heterocycles. The standard InChI is InChI=1S/C7H10F2/c8-6-4-1-2-5(3-4)7(6)9/h4-7H,1-3H2/t4-,5+,6-,7-/m1/s1. The lowest BCUT2D eigenvalue weighted by Crippen LogP contribution is -2.24. The first-order valence-electron chi connectivity index (χ1n) is 3.57. The van der Waals surface area contributed by atoms with Crippen LogP contribution in [0.3, 0.4) is 0 Å². The van der Waals surface area contributed by atoms with Crippen molar-refractivity contribution in [2.24, 2.45) is 11.8 Å². The third-order valence-electron chi connectivity index (χ3n) is 2.72. The third kappa shape index (κ3) is 0.620. The van der Waals surface area contributed by atoms with Crippen LogP contribution in [0.5, 0.6) is 0 Å². The predicted octanol–water partition coefficient (Wildman–Crippen LogP) is 2.09. The first kappa shape index (κ1) is 5.63. The number of halogens is 2. The van der Waals surface area contributed by atoms with Crippen LogP contribution in [0.15, 0.2) is 0 Å². The second-order valence-electron chi connectivity index (χ2n) is 3.22. The Morgan fingerprint density at radius 1 is 0.889 bits per heavy atom. The zero-order valence-corrected chi connectivity index (χ0v) is 5.19. The minimum Gasteiger partial charge on any atom is -0.244 e. The highest BCUT2D eigenvalue weighted by atomic mass is 19.2. The van der Waals surface area contributed by atoms with Crippen LogP contribution in [-0.4, -0.2) is 12.3 Å². The van der Waals surface area contributed by atoms with Gasteiger partial charge < -0.3 is 0 Å². The molecule has 2 saturated carbocycles. The molecule has 0 aromatic carbocycles. The van der Waals surface area contributed by atoms with Crippen LogP contribution in [0.4, 0.5) is 8.78 Å². The molecule has 0 nitrogen and oxygen atoms in total. The van der Waals surface area contributed by atoms with E-state index >= 15 is 0 Å². The summed E-state index contributed by atoms with van der Waals surface area (Å²) in [5.74, 6) is 0.148. The molecule has 2 heteroatoms. The molecule has 0 radical (unpaired) electrons. The van der Waals surface area contributed by atoms with Gasteiger partial charge >= 0.3 is 0 Å². The van der Waals surface area contributed by atoms with Crippen LogP contribution in [0.2, 0.25) is 0 Å². The first-order chi connectivity index (χ1) is 4.29. The smallest absolute Gasteiger partial charge is 0.134 e. The van der Waals surface area contributed by atoms with Crippen molar-refractivity contribution in [3.63, 3.8) is 0 Å². The van der Waals surface area contributed by atoms with E-state index in [1.165, 1.54) is 0 Å². The van der Waals surface area contributed by atoms with Gasteiger partial charge in [0.25, 0.3) is 0 Å². The fourth-order valence-electron chi connectivity index (χ4n) is 2.15. The van der Waals surface area contributed by atoms with Crippen molar-refractivity contribution in [2.75, 3.05) is 0 Å². The van der Waals surface area contributed by atoms with Gasteiger partial charge in [0, 0.05) is 0 Å². The van der Waals surface area contributed by atoms with Crippen molar-refractivity contribution >= 4 is 0 Å². The van der Waals surface area contributed by atoms with Gasteiger partial charge in [-0.3, -0.25) is 0 Å². The van der Waals surface area contributed by atoms with Crippen LogP contribution in [-0.2, 0) is 0 Å². The summed E-state index contributed by atoms with van der Waals surface area (Å²) in [5.41, 5.74) is 0. The Bertz CT molecular complexity index is 106. The van der Waals surface area contributed by atoms with Gasteiger partial charge in [-0.05, 0) is 31.1 Å². The largest absolute Gasteiger partial charge is 0.244 e. The normalized spacial score (nSPS) is 56.7. The van der Waals surface area contributed by atoms with Crippen molar-refractivity contribution in [1.82, 2.24) is 0 Å². The van der Waals surface area contributed by atoms with Gasteiger partial charge in [-0.25, -0.2) is 8.78 Å². The molecule has 2 aliphatic carbocycles. The van der Waals surface area contributed by atoms with Crippen molar-refractivity contribution in [2.45, 2.75) is 31.6 Å². The van der Waals surface area contributed by atoms with E-state index in [2.05, 4.69) is 0 Å². The molecular formula is C7H10F2. The highest BCUT2D eigenvalue weighted by Gasteiger charge is 2.48. The van der Waals surface area contributed by atoms with Crippen LogP contribution in [0, 0.1) is 11.8 Å². The maximum Gasteiger partial charge on any atom is 0.134 e. The maximum absolute atomic E-state index is 12.6. The van der Waals surface area contributed by atoms with Gasteiger partial charge in [-0.15, -0.1) is 0 Å². The zero-order chi connectivity index (χ0) is 6.43. The van der Waals surface area contributed by atoms with Crippen molar-refractivity contribution in [3.8, 4) is 0 Å². The molecule has 0 N–H and O–H groups in total. The van der Waals surface area contributed by atoms with Crippen molar-refractivity contribution < 1.29 is 8.78 Å². The molecule has 4 atom stereocenters. The zero-order valence-electron chi connectivity index (χ0n) is 5.19. The van der Waals surface area contributed by atoms with E-state index < -0.39 is 12.3 Å². The van der Waals surface area contributed by atoms with E-state index in [0.29, 0.717) is 0 Å². The molecular weight excluding hydrogens is 122 g/mol. The summed E-state index contributed by atoms with van der Waals surface area (Å²) >= 11 is 0. The van der Waals surface area contributed by atoms with Gasteiger partial charge in [-0.2, -0.15) is 0 Å². The van der Waals surface area contributed by atoms with E-state index in [1.54, 1.807) is 0 Å². The molecule has 52 valence electrons. The summed E-state index contributed by atoms with van der Waals surface area (Å²) in [6.45, 7) is 0. The van der Waals surface area contributed by atoms with E-state index in [4.69, 9.17) is 0 Å². The molecule has 2 aliphatic rings. The quantitative estimate of drug-likeness (QED) is 0.473. The summed E-state index contributed by atoms with van der Waals surface area (Å²) in [7, 11) is 0. The Morgan fingerprint density at radius 3 is 1.56 bits per heavy atom. The van der Waals surface area contributed by atoms with E-state index in [-0.39, 0.29) is 11.8 Å². The SMILES string of the molecule is F[C@@H]1[C@@H]2CC[C@@H](C2)[C@H]1F. The Kier molecular flexibility index (Phi) is 1.05. The molecule has 2 bridgehead atoms. The lowest BCUT2D eigenvalue weighted by Gasteiger charge is -2.17. The molecule has 2 fully saturated rings. The molecule has 2 rings (SSSR count). The van der Waals surface area contributed by atoms with Crippen LogP contribution in [0.1, 0.15) is 19.3 Å². The predicted molar refractivity (Wildman–Crippen MR) is 30.6 cm³/mol. The molecule has 0 amide bonds. The summed E-state index contributed by atoms with van der Waals surface area (Å²) < 4.78 is 25.3. The average Bonchev–Trinajstić information content (AvgIpc) is 2.37. The van der Waals surface area contributed by atoms with Crippen LogP contribution >= 0.6 is 0 Å². The summed E-state index contributed by atoms with van der Waals surface area (Å²) in [5, 5.41) is 0. The molecule has 0 unspecified atom stereocenters. The Morgan fingerprint density at radius 2 is 1.33 bits per heavy atom. The Balaban J connectivity index is 2.15. The third-order valence-corrected chi connectivity index (χ3v) is 2.72. The number of rotatable bonds is 0. The van der Waals surface area contributed by atoms with Crippen molar-refractivity contribution in [1.29, 1.82) is 0 Å². The molecule has 0 spiro atoms. The average molecular weight is 132 g/mol. The van der Waals surface area contributed by atoms with Gasteiger partial charge in [0.2, 0.25) is 0 Å². The second-order valence-corrected chi connectivity index (χ2v) is 3.22. The van der Waals surface area contributed by atoms with E-state index in [0.717, 1.165) is 19.3 Å². The number of alkyl halides is 2. The minimum absolute atomic E-state index is 0.0741. The van der Waals surface area contributed by atoms with Gasteiger partial charge in [-0.1, -0.05) is 0 Å². The number of fused-ring (bicyclic) bond motifs is 2. The highest BCUT2D eigenvalue weighted by Crippen LogP contribution is 2.47. The van der Waals surface area contributed by atoms with E-state index in [9.17, 15) is 8.78 Å². The Hall–Kier alpha value is -0.140. The van der Waals surface area contributed by atoms with Crippen LogP contribution in [0.25, 0.3) is 0 Å². The fourth-order valence-corrected chi connectivity index (χ4v) is 2.15. The number of hydrogen-bond donors (Lipinski definition) is 0. The maximum atomic E-state index is 12.6. The molecule has 9 heavy (non-hydrogen) atoms. The molecule has 0 heterocycles. The summed E-state index contributed by atoms with van der Waals surface area (Å²) in [6, 6.07) is 0. The molecule has 0 aromatic rings. The van der Waals surface area contributed by atoms with Crippen molar-refractivity contribution in [3.05, 3.63) is 0 Å². The lowest BCUT2D eigenvalue weighted by molar-refractivity contribution is 0.109. The molecule has 0 aliphatic heterocycles. The summed E-state index contributed by atoms with van der Waals surface area (Å²) in [6.07, 6.45) is 0.411. The second kappa shape index (κ2) is 1.68. The van der Waals surface area contributed by atoms with Gasteiger partial charge in [0.1, 0.15) is 12.3 Å². The Labute approximate surface area is 53.2 Å². The van der Waals surface area contributed by atoms with Gasteiger partial charge in [0.15, 0.2) is 0 Å². The van der Waals surface area contributed by atoms with E-state index in [1.807, 2.05) is 0 Å². The van der Waals surface area contributed by atoms with Gasteiger partial charge in [0.05, 0.1) is 0 Å². The molecule has 0 aromatic heterocycles. The fraction of sp³-hybridized carbons (Fsp3) is 1.00. The number of hydrogen-bond acceptors (Lipinski definition) is 0. The van der Waals surface area contributed by atoms with Crippen LogP contribution < -0.4 is 0 Å².